The molecule has 4 nitrogen and oxygen atoms in total. The average Bonchev–Trinajstić information content (AvgIpc) is 1.50. The lowest BCUT2D eigenvalue weighted by atomic mass is 9.70. The van der Waals surface area contributed by atoms with Gasteiger partial charge in [0, 0.05) is 87.6 Å². The van der Waals surface area contributed by atoms with E-state index in [0.717, 1.165) is 83.2 Å². The zero-order valence-corrected chi connectivity index (χ0v) is 68.0. The largest absolute Gasteiger partial charge is 0.456 e. The fraction of sp³-hybridized carbons (Fsp3) is 0.243. The SMILES string of the molecule is CCCCCCCC1(CCCCCCC)c2ccccc2-c2ccc(-c3ccc4c(c3)C(C)(C)c3cc(-c5ccc(-c6cc7c(c8c6oc6ccccc68)-c6ccc(N(c8ccc9c(c8)C(C)(C)c8c%10c(c%11oc%12ccccc%12c%11c8-9)-c8ccccc8C%10(C)C)c8ccc9oc%10ccccc%10c9c8)cc6C7(C)C)cc5)ccc3-4)cc21. The van der Waals surface area contributed by atoms with Crippen LogP contribution in [0.25, 0.3) is 155 Å². The van der Waals surface area contributed by atoms with Gasteiger partial charge in [-0.15, -0.1) is 0 Å². The van der Waals surface area contributed by atoms with Gasteiger partial charge in [0.1, 0.15) is 33.5 Å². The molecular formula is C111H97NO3. The van der Waals surface area contributed by atoms with Gasteiger partial charge in [-0.05, 0) is 231 Å². The van der Waals surface area contributed by atoms with Crippen molar-refractivity contribution in [1.29, 1.82) is 0 Å². The quantitative estimate of drug-likeness (QED) is 0.0803. The molecule has 0 radical (unpaired) electrons. The van der Waals surface area contributed by atoms with E-state index in [0.29, 0.717) is 0 Å². The first-order valence-corrected chi connectivity index (χ1v) is 42.7. The molecule has 0 fully saturated rings. The van der Waals surface area contributed by atoms with Crippen molar-refractivity contribution >= 4 is 82.9 Å². The van der Waals surface area contributed by atoms with Gasteiger partial charge in [-0.3, -0.25) is 0 Å². The Hall–Kier alpha value is -11.7. The second kappa shape index (κ2) is 25.6. The molecule has 3 heterocycles. The third-order valence-electron chi connectivity index (χ3n) is 28.5. The third kappa shape index (κ3) is 10.1. The normalized spacial score (nSPS) is 15.5. The molecular weight excluding hydrogens is 1400 g/mol. The first kappa shape index (κ1) is 70.0. The summed E-state index contributed by atoms with van der Waals surface area (Å²) in [4.78, 5) is 2.50. The molecule has 22 rings (SSSR count). The van der Waals surface area contributed by atoms with E-state index in [-0.39, 0.29) is 16.2 Å². The number of fused-ring (bicyclic) bond motifs is 28. The van der Waals surface area contributed by atoms with Crippen LogP contribution in [-0.4, -0.2) is 0 Å². The summed E-state index contributed by atoms with van der Waals surface area (Å²) in [5, 5.41) is 6.84. The third-order valence-corrected chi connectivity index (χ3v) is 28.5. The van der Waals surface area contributed by atoms with E-state index in [4.69, 9.17) is 13.3 Å². The van der Waals surface area contributed by atoms with Crippen LogP contribution in [0, 0.1) is 0 Å². The molecule has 0 N–H and O–H groups in total. The van der Waals surface area contributed by atoms with E-state index in [1.165, 1.54) is 210 Å². The second-order valence-corrected chi connectivity index (χ2v) is 36.4. The molecule has 0 amide bonds. The summed E-state index contributed by atoms with van der Waals surface area (Å²) in [6.07, 6.45) is 15.4. The smallest absolute Gasteiger partial charge is 0.144 e. The number of benzene rings is 14. The van der Waals surface area contributed by atoms with E-state index < -0.39 is 10.8 Å². The zero-order valence-electron chi connectivity index (χ0n) is 68.0. The first-order chi connectivity index (χ1) is 56.0. The Morgan fingerprint density at radius 2 is 0.661 bits per heavy atom. The molecule has 0 bridgehead atoms. The molecule has 0 atom stereocenters. The predicted molar refractivity (Wildman–Crippen MR) is 482 cm³/mol. The number of hydrogen-bond donors (Lipinski definition) is 0. The van der Waals surface area contributed by atoms with E-state index in [1.54, 1.807) is 11.1 Å². The van der Waals surface area contributed by atoms with Crippen LogP contribution in [0.2, 0.25) is 0 Å². The topological polar surface area (TPSA) is 42.7 Å². The van der Waals surface area contributed by atoms with Crippen LogP contribution < -0.4 is 4.90 Å². The first-order valence-electron chi connectivity index (χ1n) is 42.7. The number of para-hydroxylation sites is 3. The number of hydrogen-bond acceptors (Lipinski definition) is 4. The van der Waals surface area contributed by atoms with Crippen LogP contribution in [0.3, 0.4) is 0 Å². The maximum absolute atomic E-state index is 7.18. The molecule has 564 valence electrons. The van der Waals surface area contributed by atoms with Gasteiger partial charge in [-0.25, -0.2) is 0 Å². The second-order valence-electron chi connectivity index (χ2n) is 36.4. The molecule has 17 aromatic rings. The fourth-order valence-electron chi connectivity index (χ4n) is 22.7. The van der Waals surface area contributed by atoms with Gasteiger partial charge in [0.15, 0.2) is 0 Å². The standard InChI is InChI=1S/C111H97NO3/c1-11-13-15-17-29-57-111(58-30-18-16-14-12-2)87-37-25-19-31-74(87)77-53-47-70(61-92(77)111)69-46-52-76-75-51-45-68(59-88(75)107(3,4)89(76)60-69)66-41-43-67(44-42-66)84-65-93-98(100-82-34-22-27-39-95(82)114-105(84)100)80-54-48-72(63-90(80)108(93,5)6)112(71-50-56-97-85(62-71)78-32-21-26-38-94(78)113-97)73-49-55-81-91(64-73)110(9,10)103-99(81)101-83-35-23-28-40-96(83)115-106(101)102-79-33-20-24-36-86(79)109(7,8)104(102)103/h19-28,31-56,59-65H,11-18,29-30,57-58H2,1-10H3. The zero-order chi connectivity index (χ0) is 77.8. The highest BCUT2D eigenvalue weighted by Gasteiger charge is 2.50. The highest BCUT2D eigenvalue weighted by atomic mass is 16.3. The van der Waals surface area contributed by atoms with Crippen molar-refractivity contribution in [1.82, 2.24) is 0 Å². The van der Waals surface area contributed by atoms with Gasteiger partial charge in [0.2, 0.25) is 0 Å². The van der Waals surface area contributed by atoms with Crippen molar-refractivity contribution in [2.45, 2.75) is 173 Å². The molecule has 14 aromatic carbocycles. The minimum Gasteiger partial charge on any atom is -0.456 e. The van der Waals surface area contributed by atoms with Crippen molar-refractivity contribution < 1.29 is 13.3 Å². The molecule has 0 aliphatic heterocycles. The molecule has 0 saturated carbocycles. The average molecular weight is 1490 g/mol. The van der Waals surface area contributed by atoms with Crippen LogP contribution >= 0.6 is 0 Å². The van der Waals surface area contributed by atoms with E-state index in [1.807, 2.05) is 0 Å². The Kier molecular flexibility index (Phi) is 15.6. The maximum Gasteiger partial charge on any atom is 0.144 e. The predicted octanol–water partition coefficient (Wildman–Crippen LogP) is 32.1. The highest BCUT2D eigenvalue weighted by molar-refractivity contribution is 6.22. The van der Waals surface area contributed by atoms with Crippen molar-refractivity contribution in [2.75, 3.05) is 4.90 Å². The van der Waals surface area contributed by atoms with Crippen molar-refractivity contribution in [2.24, 2.45) is 0 Å². The minimum absolute atomic E-state index is 0.0394. The monoisotopic (exact) mass is 1490 g/mol. The lowest BCUT2D eigenvalue weighted by molar-refractivity contribution is 0.399. The van der Waals surface area contributed by atoms with Crippen LogP contribution in [0.15, 0.2) is 274 Å². The van der Waals surface area contributed by atoms with Crippen LogP contribution in [0.4, 0.5) is 17.1 Å². The summed E-state index contributed by atoms with van der Waals surface area (Å²) in [7, 11) is 0. The summed E-state index contributed by atoms with van der Waals surface area (Å²) >= 11 is 0. The molecule has 115 heavy (non-hydrogen) atoms. The number of anilines is 3. The number of furan rings is 3. The van der Waals surface area contributed by atoms with E-state index in [9.17, 15) is 0 Å². The Morgan fingerprint density at radius 1 is 0.252 bits per heavy atom. The molecule has 5 aliphatic rings. The highest BCUT2D eigenvalue weighted by Crippen LogP contribution is 2.65. The van der Waals surface area contributed by atoms with Gasteiger partial charge in [-0.1, -0.05) is 309 Å². The summed E-state index contributed by atoms with van der Waals surface area (Å²) in [5.41, 5.74) is 41.8. The van der Waals surface area contributed by atoms with Gasteiger partial charge < -0.3 is 18.2 Å². The Labute approximate surface area is 675 Å². The molecule has 0 spiro atoms. The molecule has 3 aromatic heterocycles. The van der Waals surface area contributed by atoms with Crippen LogP contribution in [0.1, 0.15) is 202 Å². The lowest BCUT2D eigenvalue weighted by Crippen LogP contribution is -2.25. The Morgan fingerprint density at radius 3 is 1.30 bits per heavy atom. The fourth-order valence-corrected chi connectivity index (χ4v) is 22.7. The summed E-state index contributed by atoms with van der Waals surface area (Å²) < 4.78 is 20.8. The molecule has 5 aliphatic carbocycles. The Bertz CT molecular complexity index is 6940. The summed E-state index contributed by atoms with van der Waals surface area (Å²) in [6, 6.07) is 99.5. The van der Waals surface area contributed by atoms with Gasteiger partial charge in [0.05, 0.1) is 0 Å². The van der Waals surface area contributed by atoms with Gasteiger partial charge in [-0.2, -0.15) is 0 Å². The Balaban J connectivity index is 0.616. The number of nitrogens with zero attached hydrogens (tertiary/aromatic N) is 1. The van der Waals surface area contributed by atoms with Crippen molar-refractivity contribution in [3.63, 3.8) is 0 Å². The van der Waals surface area contributed by atoms with Gasteiger partial charge >= 0.3 is 0 Å². The number of rotatable bonds is 18. The van der Waals surface area contributed by atoms with Crippen LogP contribution in [-0.2, 0) is 27.1 Å². The molecule has 0 saturated heterocycles. The summed E-state index contributed by atoms with van der Waals surface area (Å²) in [5.74, 6) is 0. The molecule has 4 heteroatoms. The number of unbranched alkanes of at least 4 members (excludes halogenated alkanes) is 8. The lowest BCUT2D eigenvalue weighted by Gasteiger charge is -2.33. The van der Waals surface area contributed by atoms with Crippen molar-refractivity contribution in [3.05, 3.63) is 316 Å². The van der Waals surface area contributed by atoms with E-state index in [2.05, 4.69) is 335 Å². The van der Waals surface area contributed by atoms with Crippen molar-refractivity contribution in [3.8, 4) is 89.0 Å². The van der Waals surface area contributed by atoms with E-state index >= 15 is 0 Å². The van der Waals surface area contributed by atoms with Gasteiger partial charge in [0.25, 0.3) is 0 Å². The summed E-state index contributed by atoms with van der Waals surface area (Å²) in [6.45, 7) is 24.2. The molecule has 0 unspecified atom stereocenters. The van der Waals surface area contributed by atoms with Crippen LogP contribution in [0.5, 0.6) is 0 Å². The minimum atomic E-state index is -0.418. The maximum atomic E-state index is 7.18.